The summed E-state index contributed by atoms with van der Waals surface area (Å²) < 4.78 is 7.30. The van der Waals surface area contributed by atoms with E-state index in [4.69, 9.17) is 32.5 Å². The van der Waals surface area contributed by atoms with Gasteiger partial charge in [0.15, 0.2) is 0 Å². The number of rotatable bonds is 5. The van der Waals surface area contributed by atoms with Crippen LogP contribution in [0, 0.1) is 0 Å². The van der Waals surface area contributed by atoms with Crippen LogP contribution in [0.15, 0.2) is 82.7 Å². The molecule has 0 aliphatic carbocycles. The Bertz CT molecular complexity index is 1390. The molecule has 0 unspecified atom stereocenters. The lowest BCUT2D eigenvalue weighted by atomic mass is 10.0. The summed E-state index contributed by atoms with van der Waals surface area (Å²) in [5, 5.41) is 7.43. The van der Waals surface area contributed by atoms with E-state index in [0.29, 0.717) is 15.9 Å². The van der Waals surface area contributed by atoms with Gasteiger partial charge in [0.05, 0.1) is 22.0 Å². The normalized spacial score (nSPS) is 11.7. The van der Waals surface area contributed by atoms with Crippen LogP contribution in [0.4, 0.5) is 0 Å². The fourth-order valence-electron chi connectivity index (χ4n) is 3.30. The fraction of sp³-hybridized carbons (Fsp3) is 0.0435. The first kappa shape index (κ1) is 18.7. The van der Waals surface area contributed by atoms with Crippen LogP contribution in [0.3, 0.4) is 0 Å². The van der Waals surface area contributed by atoms with Crippen LogP contribution in [-0.4, -0.2) is 15.6 Å². The van der Waals surface area contributed by atoms with Crippen molar-refractivity contribution in [2.75, 3.05) is 0 Å². The average molecular weight is 436 g/mol. The minimum atomic E-state index is 0.270. The van der Waals surface area contributed by atoms with Crippen LogP contribution in [-0.2, 0) is 11.4 Å². The Morgan fingerprint density at radius 1 is 1.00 bits per heavy atom. The fourth-order valence-corrected chi connectivity index (χ4v) is 3.62. The molecule has 0 aliphatic heterocycles. The van der Waals surface area contributed by atoms with Crippen LogP contribution in [0.2, 0.25) is 10.0 Å². The van der Waals surface area contributed by atoms with Crippen LogP contribution in [0.1, 0.15) is 11.3 Å². The van der Waals surface area contributed by atoms with E-state index in [-0.39, 0.29) is 6.61 Å². The smallest absolute Gasteiger partial charge is 0.306 e. The minimum Gasteiger partial charge on any atom is -0.432 e. The molecule has 2 heterocycles. The molecule has 0 aliphatic rings. The number of benzene rings is 3. The monoisotopic (exact) mass is 435 g/mol. The highest BCUT2D eigenvalue weighted by atomic mass is 35.5. The summed E-state index contributed by atoms with van der Waals surface area (Å²) in [5.41, 5.74) is 3.38. The first-order valence-electron chi connectivity index (χ1n) is 9.23. The van der Waals surface area contributed by atoms with Gasteiger partial charge in [-0.15, -0.1) is 0 Å². The second-order valence-electron chi connectivity index (χ2n) is 6.72. The molecule has 0 atom stereocenters. The van der Waals surface area contributed by atoms with Gasteiger partial charge in [0.1, 0.15) is 18.6 Å². The van der Waals surface area contributed by atoms with Crippen molar-refractivity contribution in [2.24, 2.45) is 5.16 Å². The second-order valence-corrected chi connectivity index (χ2v) is 7.53. The molecule has 0 fully saturated rings. The van der Waals surface area contributed by atoms with Gasteiger partial charge in [-0.2, -0.15) is 4.98 Å². The summed E-state index contributed by atoms with van der Waals surface area (Å²) >= 11 is 12.0. The lowest BCUT2D eigenvalue weighted by Gasteiger charge is -2.04. The molecule has 5 rings (SSSR count). The van der Waals surface area contributed by atoms with Crippen LogP contribution < -0.4 is 0 Å². The van der Waals surface area contributed by atoms with Gasteiger partial charge in [-0.05, 0) is 34.5 Å². The van der Waals surface area contributed by atoms with Crippen molar-refractivity contribution in [3.63, 3.8) is 0 Å². The first-order valence-corrected chi connectivity index (χ1v) is 9.98. The molecule has 0 N–H and O–H groups in total. The van der Waals surface area contributed by atoms with Gasteiger partial charge in [0, 0.05) is 11.8 Å². The second kappa shape index (κ2) is 7.86. The molecular formula is C23H15Cl2N3O2. The number of imidazole rings is 1. The maximum atomic E-state index is 6.04. The van der Waals surface area contributed by atoms with E-state index in [9.17, 15) is 0 Å². The highest BCUT2D eigenvalue weighted by molar-refractivity contribution is 6.42. The van der Waals surface area contributed by atoms with Crippen molar-refractivity contribution in [3.8, 4) is 11.3 Å². The Hall–Kier alpha value is -3.28. The predicted octanol–water partition coefficient (Wildman–Crippen LogP) is 6.61. The topological polar surface area (TPSA) is 52.0 Å². The van der Waals surface area contributed by atoms with Gasteiger partial charge in [0.2, 0.25) is 0 Å². The summed E-state index contributed by atoms with van der Waals surface area (Å²) in [6.07, 6.45) is 5.02. The molecule has 0 bridgehead atoms. The zero-order valence-electron chi connectivity index (χ0n) is 15.6. The third kappa shape index (κ3) is 3.54. The zero-order valence-corrected chi connectivity index (χ0v) is 17.1. The van der Waals surface area contributed by atoms with Gasteiger partial charge < -0.3 is 9.25 Å². The lowest BCUT2D eigenvalue weighted by Crippen LogP contribution is -1.93. The number of hydrogen-bond acceptors (Lipinski definition) is 4. The van der Waals surface area contributed by atoms with Crippen molar-refractivity contribution in [3.05, 3.63) is 94.4 Å². The van der Waals surface area contributed by atoms with Crippen molar-refractivity contribution >= 4 is 46.0 Å². The summed E-state index contributed by atoms with van der Waals surface area (Å²) in [6, 6.07) is 19.8. The van der Waals surface area contributed by atoms with E-state index < -0.39 is 0 Å². The Morgan fingerprint density at radius 2 is 1.87 bits per heavy atom. The van der Waals surface area contributed by atoms with Crippen LogP contribution >= 0.6 is 23.2 Å². The number of halogens is 2. The van der Waals surface area contributed by atoms with E-state index in [0.717, 1.165) is 27.9 Å². The largest absolute Gasteiger partial charge is 0.432 e. The van der Waals surface area contributed by atoms with Crippen LogP contribution in [0.5, 0.6) is 0 Å². The molecule has 0 spiro atoms. The van der Waals surface area contributed by atoms with Crippen molar-refractivity contribution in [2.45, 2.75) is 6.61 Å². The van der Waals surface area contributed by atoms with E-state index in [1.807, 2.05) is 28.7 Å². The maximum Gasteiger partial charge on any atom is 0.306 e. The summed E-state index contributed by atoms with van der Waals surface area (Å²) in [7, 11) is 0. The van der Waals surface area contributed by atoms with Gasteiger partial charge in [-0.1, -0.05) is 70.8 Å². The molecule has 0 saturated heterocycles. The number of fused-ring (bicyclic) bond motifs is 2. The molecule has 0 saturated carbocycles. The Morgan fingerprint density at radius 3 is 2.73 bits per heavy atom. The number of hydrogen-bond donors (Lipinski definition) is 0. The highest BCUT2D eigenvalue weighted by Gasteiger charge is 2.15. The molecule has 7 heteroatoms. The standard InChI is InChI=1S/C23H15Cl2N3O2/c24-19-8-5-15(11-20(19)25)14-30-26-13-21-22(27-23-28(21)9-10-29-23)18-7-6-16-3-1-2-4-17(16)12-18/h1-13H,14H2/b26-13-. The lowest BCUT2D eigenvalue weighted by molar-refractivity contribution is 0.132. The number of nitrogens with zero attached hydrogens (tertiary/aromatic N) is 3. The van der Waals surface area contributed by atoms with Crippen molar-refractivity contribution in [1.82, 2.24) is 9.38 Å². The third-order valence-electron chi connectivity index (χ3n) is 4.79. The molecule has 148 valence electrons. The Balaban J connectivity index is 1.45. The molecule has 5 aromatic rings. The first-order chi connectivity index (χ1) is 14.7. The van der Waals surface area contributed by atoms with E-state index >= 15 is 0 Å². The third-order valence-corrected chi connectivity index (χ3v) is 5.53. The predicted molar refractivity (Wildman–Crippen MR) is 119 cm³/mol. The van der Waals surface area contributed by atoms with Crippen molar-refractivity contribution < 1.29 is 9.25 Å². The number of oxime groups is 1. The molecule has 0 amide bonds. The molecule has 5 nitrogen and oxygen atoms in total. The quantitative estimate of drug-likeness (QED) is 0.230. The van der Waals surface area contributed by atoms with Gasteiger partial charge >= 0.3 is 5.84 Å². The molecular weight excluding hydrogens is 421 g/mol. The van der Waals surface area contributed by atoms with E-state index in [1.54, 1.807) is 30.8 Å². The number of oxazole rings is 1. The maximum absolute atomic E-state index is 6.04. The summed E-state index contributed by atoms with van der Waals surface area (Å²) in [6.45, 7) is 0.270. The van der Waals surface area contributed by atoms with E-state index in [2.05, 4.69) is 34.4 Å². The molecule has 30 heavy (non-hydrogen) atoms. The summed E-state index contributed by atoms with van der Waals surface area (Å²) in [5.74, 6) is 0.490. The zero-order chi connectivity index (χ0) is 20.5. The van der Waals surface area contributed by atoms with E-state index in [1.165, 1.54) is 5.39 Å². The van der Waals surface area contributed by atoms with Crippen LogP contribution in [0.25, 0.3) is 27.9 Å². The Kier molecular flexibility index (Phi) is 4.91. The SMILES string of the molecule is Clc1ccc(CO/N=C\c2c(-c3ccc4ccccc4c3)nc3occn23)cc1Cl. The minimum absolute atomic E-state index is 0.270. The molecule has 3 aromatic carbocycles. The van der Waals surface area contributed by atoms with Gasteiger partial charge in [-0.25, -0.2) is 0 Å². The summed E-state index contributed by atoms with van der Waals surface area (Å²) in [4.78, 5) is 10.1. The van der Waals surface area contributed by atoms with Gasteiger partial charge in [0.25, 0.3) is 0 Å². The molecule has 2 aromatic heterocycles. The number of aromatic nitrogens is 2. The molecule has 0 radical (unpaired) electrons. The van der Waals surface area contributed by atoms with Crippen molar-refractivity contribution in [1.29, 1.82) is 0 Å². The van der Waals surface area contributed by atoms with Gasteiger partial charge in [-0.3, -0.25) is 4.40 Å². The average Bonchev–Trinajstić information content (AvgIpc) is 3.35. The highest BCUT2D eigenvalue weighted by Crippen LogP contribution is 2.27. The Labute approximate surface area is 182 Å².